The summed E-state index contributed by atoms with van der Waals surface area (Å²) in [6, 6.07) is 3.72. The first-order valence-electron chi connectivity index (χ1n) is 12.4. The number of carbonyl (C=O) groups excluding carboxylic acids is 1. The Morgan fingerprint density at radius 2 is 1.95 bits per heavy atom. The molecule has 1 fully saturated rings. The molecule has 0 bridgehead atoms. The molecule has 16 heteroatoms. The number of likely N-dealkylation sites (tertiary alicyclic amines) is 1. The van der Waals surface area contributed by atoms with Gasteiger partial charge in [-0.1, -0.05) is 0 Å². The molecule has 0 radical (unpaired) electrons. The van der Waals surface area contributed by atoms with Crippen molar-refractivity contribution in [3.63, 3.8) is 0 Å². The van der Waals surface area contributed by atoms with Gasteiger partial charge in [0, 0.05) is 30.8 Å². The first-order chi connectivity index (χ1) is 19.3. The lowest BCUT2D eigenvalue weighted by Crippen LogP contribution is -2.39. The van der Waals surface area contributed by atoms with Crippen LogP contribution in [0, 0.1) is 18.7 Å². The molecule has 3 heterocycles. The fourth-order valence-corrected chi connectivity index (χ4v) is 5.05. The van der Waals surface area contributed by atoms with E-state index in [1.54, 1.807) is 11.8 Å². The predicted octanol–water partition coefficient (Wildman–Crippen LogP) is 6.44. The molecular formula is C25H25F7N6O2S. The SMILES string of the molecule is Cc1nsc(Nc2cnc(C(F)(F)F)cn2)c1C(=O)Nc1ccc(F)c(OCC2CCCN(CCC(F)(F)F)C2)c1. The van der Waals surface area contributed by atoms with Gasteiger partial charge in [0.25, 0.3) is 5.91 Å². The van der Waals surface area contributed by atoms with Gasteiger partial charge in [0.15, 0.2) is 17.3 Å². The molecule has 1 aliphatic rings. The number of aromatic nitrogens is 3. The van der Waals surface area contributed by atoms with Crippen LogP contribution in [0.25, 0.3) is 0 Å². The molecule has 1 saturated heterocycles. The second-order valence-electron chi connectivity index (χ2n) is 9.47. The molecule has 2 aromatic heterocycles. The van der Waals surface area contributed by atoms with Gasteiger partial charge in [-0.05, 0) is 50.0 Å². The second kappa shape index (κ2) is 12.5. The maximum atomic E-state index is 14.5. The van der Waals surface area contributed by atoms with Crippen molar-refractivity contribution < 1.29 is 40.3 Å². The van der Waals surface area contributed by atoms with Crippen LogP contribution < -0.4 is 15.4 Å². The normalized spacial score (nSPS) is 16.4. The van der Waals surface area contributed by atoms with Crippen molar-refractivity contribution in [3.05, 3.63) is 53.4 Å². The lowest BCUT2D eigenvalue weighted by atomic mass is 9.99. The van der Waals surface area contributed by atoms with Crippen molar-refractivity contribution in [1.29, 1.82) is 0 Å². The van der Waals surface area contributed by atoms with Crippen LogP contribution in [-0.4, -0.2) is 57.6 Å². The van der Waals surface area contributed by atoms with Gasteiger partial charge in [0.2, 0.25) is 0 Å². The zero-order valence-electron chi connectivity index (χ0n) is 21.6. The third-order valence-corrected chi connectivity index (χ3v) is 7.11. The lowest BCUT2D eigenvalue weighted by molar-refractivity contribution is -0.141. The summed E-state index contributed by atoms with van der Waals surface area (Å²) in [5.74, 6) is -1.55. The Morgan fingerprint density at radius 3 is 2.63 bits per heavy atom. The van der Waals surface area contributed by atoms with E-state index in [4.69, 9.17) is 4.74 Å². The Labute approximate surface area is 234 Å². The number of hydrogen-bond donors (Lipinski definition) is 2. The first-order valence-corrected chi connectivity index (χ1v) is 13.2. The number of hydrogen-bond acceptors (Lipinski definition) is 8. The number of benzene rings is 1. The molecule has 222 valence electrons. The molecule has 1 unspecified atom stereocenters. The van der Waals surface area contributed by atoms with E-state index in [0.717, 1.165) is 30.2 Å². The van der Waals surface area contributed by atoms with Gasteiger partial charge in [-0.25, -0.2) is 14.4 Å². The van der Waals surface area contributed by atoms with Crippen LogP contribution in [-0.2, 0) is 6.18 Å². The van der Waals surface area contributed by atoms with Crippen LogP contribution in [0.1, 0.15) is 41.0 Å². The van der Waals surface area contributed by atoms with Crippen LogP contribution in [0.2, 0.25) is 0 Å². The molecular weight excluding hydrogens is 581 g/mol. The summed E-state index contributed by atoms with van der Waals surface area (Å²) >= 11 is 0.891. The summed E-state index contributed by atoms with van der Waals surface area (Å²) in [6.07, 6.45) is -6.92. The van der Waals surface area contributed by atoms with Crippen LogP contribution in [0.4, 0.5) is 47.2 Å². The monoisotopic (exact) mass is 606 g/mol. The molecule has 4 rings (SSSR count). The number of alkyl halides is 6. The quantitative estimate of drug-likeness (QED) is 0.271. The van der Waals surface area contributed by atoms with Gasteiger partial charge in [-0.2, -0.15) is 30.7 Å². The van der Waals surface area contributed by atoms with E-state index in [-0.39, 0.29) is 46.9 Å². The average Bonchev–Trinajstić information content (AvgIpc) is 3.27. The number of rotatable bonds is 9. The molecule has 1 aliphatic heterocycles. The molecule has 0 saturated carbocycles. The van der Waals surface area contributed by atoms with Gasteiger partial charge >= 0.3 is 12.4 Å². The highest BCUT2D eigenvalue weighted by atomic mass is 32.1. The summed E-state index contributed by atoms with van der Waals surface area (Å²) in [6.45, 7) is 2.51. The number of carbonyl (C=O) groups is 1. The lowest BCUT2D eigenvalue weighted by Gasteiger charge is -2.32. The van der Waals surface area contributed by atoms with Crippen molar-refractivity contribution in [2.45, 2.75) is 38.5 Å². The van der Waals surface area contributed by atoms with Gasteiger partial charge in [-0.3, -0.25) is 4.79 Å². The fraction of sp³-hybridized carbons (Fsp3) is 0.440. The number of nitrogens with one attached hydrogen (secondary N) is 2. The topological polar surface area (TPSA) is 92.3 Å². The summed E-state index contributed by atoms with van der Waals surface area (Å²) in [5.41, 5.74) is -0.531. The summed E-state index contributed by atoms with van der Waals surface area (Å²) < 4.78 is 100. The molecule has 1 aromatic carbocycles. The minimum Gasteiger partial charge on any atom is -0.490 e. The third-order valence-electron chi connectivity index (χ3n) is 6.25. The summed E-state index contributed by atoms with van der Waals surface area (Å²) in [5, 5.41) is 5.57. The smallest absolute Gasteiger partial charge is 0.434 e. The highest BCUT2D eigenvalue weighted by molar-refractivity contribution is 7.10. The summed E-state index contributed by atoms with van der Waals surface area (Å²) in [4.78, 5) is 21.8. The molecule has 41 heavy (non-hydrogen) atoms. The van der Waals surface area contributed by atoms with E-state index in [9.17, 15) is 35.5 Å². The van der Waals surface area contributed by atoms with Crippen LogP contribution in [0.3, 0.4) is 0 Å². The average molecular weight is 607 g/mol. The Bertz CT molecular complexity index is 1350. The van der Waals surface area contributed by atoms with Crippen LogP contribution >= 0.6 is 11.5 Å². The van der Waals surface area contributed by atoms with Crippen molar-refractivity contribution in [2.24, 2.45) is 5.92 Å². The van der Waals surface area contributed by atoms with Crippen molar-refractivity contribution in [1.82, 2.24) is 19.2 Å². The standard InChI is InChI=1S/C25H25F7N6O2S/c1-14-21(23(41-37-14)36-20-11-33-19(10-34-20)25(30,31)32)22(39)35-16-4-5-17(26)18(9-16)40-13-15-3-2-7-38(12-15)8-6-24(27,28)29/h4-5,9-11,15H,2-3,6-8,12-13H2,1H3,(H,34,36)(H,35,39). The minimum absolute atomic E-state index is 0.0344. The predicted molar refractivity (Wildman–Crippen MR) is 137 cm³/mol. The Morgan fingerprint density at radius 1 is 1.17 bits per heavy atom. The number of anilines is 3. The number of ether oxygens (including phenoxy) is 1. The van der Waals surface area contributed by atoms with E-state index >= 15 is 0 Å². The van der Waals surface area contributed by atoms with Crippen LogP contribution in [0.5, 0.6) is 5.75 Å². The van der Waals surface area contributed by atoms with E-state index in [0.29, 0.717) is 31.4 Å². The van der Waals surface area contributed by atoms with Crippen molar-refractivity contribution >= 4 is 33.9 Å². The van der Waals surface area contributed by atoms with Crippen LogP contribution in [0.15, 0.2) is 30.6 Å². The van der Waals surface area contributed by atoms with E-state index < -0.39 is 36.2 Å². The van der Waals surface area contributed by atoms with E-state index in [1.807, 2.05) is 0 Å². The molecule has 2 N–H and O–H groups in total. The Kier molecular flexibility index (Phi) is 9.31. The molecule has 0 spiro atoms. The number of amides is 1. The molecule has 3 aromatic rings. The maximum Gasteiger partial charge on any atom is 0.434 e. The Balaban J connectivity index is 1.38. The maximum absolute atomic E-state index is 14.5. The second-order valence-corrected chi connectivity index (χ2v) is 10.2. The molecule has 8 nitrogen and oxygen atoms in total. The van der Waals surface area contributed by atoms with Gasteiger partial charge in [0.05, 0.1) is 36.7 Å². The van der Waals surface area contributed by atoms with Crippen molar-refractivity contribution in [3.8, 4) is 5.75 Å². The molecule has 1 amide bonds. The Hall–Kier alpha value is -3.53. The first kappa shape index (κ1) is 30.4. The van der Waals surface area contributed by atoms with E-state index in [2.05, 4.69) is 25.0 Å². The highest BCUT2D eigenvalue weighted by Gasteiger charge is 2.33. The van der Waals surface area contributed by atoms with Crippen molar-refractivity contribution in [2.75, 3.05) is 36.9 Å². The van der Waals surface area contributed by atoms with E-state index in [1.165, 1.54) is 12.1 Å². The third kappa shape index (κ3) is 8.48. The number of halogens is 7. The fourth-order valence-electron chi connectivity index (χ4n) is 4.25. The zero-order chi connectivity index (χ0) is 29.8. The largest absolute Gasteiger partial charge is 0.490 e. The summed E-state index contributed by atoms with van der Waals surface area (Å²) in [7, 11) is 0. The highest BCUT2D eigenvalue weighted by Crippen LogP contribution is 2.31. The van der Waals surface area contributed by atoms with Gasteiger partial charge < -0.3 is 20.3 Å². The molecule has 1 atom stereocenters. The molecule has 0 aliphatic carbocycles. The zero-order valence-corrected chi connectivity index (χ0v) is 22.4. The minimum atomic E-state index is -4.65. The number of piperidine rings is 1. The number of aryl methyl sites for hydroxylation is 1. The number of nitrogens with zero attached hydrogens (tertiary/aromatic N) is 4. The van der Waals surface area contributed by atoms with Gasteiger partial charge in [-0.15, -0.1) is 0 Å². The van der Waals surface area contributed by atoms with Gasteiger partial charge in [0.1, 0.15) is 10.8 Å².